The summed E-state index contributed by atoms with van der Waals surface area (Å²) in [6.07, 6.45) is 8.38. The highest BCUT2D eigenvalue weighted by molar-refractivity contribution is 5.60. The Labute approximate surface area is 140 Å². The van der Waals surface area contributed by atoms with Crippen LogP contribution in [0.1, 0.15) is 23.0 Å². The fourth-order valence-electron chi connectivity index (χ4n) is 3.17. The fraction of sp³-hybridized carbons (Fsp3) is 0.278. The molecule has 3 aromatic rings. The molecule has 1 aliphatic rings. The van der Waals surface area contributed by atoms with Gasteiger partial charge in [0.05, 0.1) is 18.8 Å². The van der Waals surface area contributed by atoms with Crippen molar-refractivity contribution in [2.24, 2.45) is 0 Å². The zero-order chi connectivity index (χ0) is 16.7. The van der Waals surface area contributed by atoms with Gasteiger partial charge in [0.15, 0.2) is 5.65 Å². The van der Waals surface area contributed by atoms with E-state index >= 15 is 0 Å². The van der Waals surface area contributed by atoms with E-state index in [1.807, 2.05) is 23.6 Å². The van der Waals surface area contributed by atoms with E-state index < -0.39 is 0 Å². The fourth-order valence-corrected chi connectivity index (χ4v) is 3.17. The van der Waals surface area contributed by atoms with Gasteiger partial charge in [-0.25, -0.2) is 4.98 Å². The molecule has 4 rings (SSSR count). The number of aryl methyl sites for hydroxylation is 2. The lowest BCUT2D eigenvalue weighted by Crippen LogP contribution is -2.24. The molecule has 0 amide bonds. The first-order valence-electron chi connectivity index (χ1n) is 7.92. The maximum absolute atomic E-state index is 5.15. The summed E-state index contributed by atoms with van der Waals surface area (Å²) in [4.78, 5) is 6.68. The summed E-state index contributed by atoms with van der Waals surface area (Å²) in [5.74, 6) is 1.52. The average molecular weight is 321 g/mol. The molecule has 6 nitrogen and oxygen atoms in total. The molecule has 0 radical (unpaired) electrons. The number of methoxy groups -OCH3 is 1. The van der Waals surface area contributed by atoms with Gasteiger partial charge in [-0.2, -0.15) is 0 Å². The van der Waals surface area contributed by atoms with Gasteiger partial charge in [0, 0.05) is 25.0 Å². The highest BCUT2D eigenvalue weighted by atomic mass is 16.5. The van der Waals surface area contributed by atoms with Crippen LogP contribution in [0, 0.1) is 13.8 Å². The van der Waals surface area contributed by atoms with E-state index in [1.54, 1.807) is 7.11 Å². The summed E-state index contributed by atoms with van der Waals surface area (Å²) in [7, 11) is 1.63. The van der Waals surface area contributed by atoms with E-state index in [1.165, 1.54) is 0 Å². The Morgan fingerprint density at radius 1 is 1.21 bits per heavy atom. The van der Waals surface area contributed by atoms with Crippen molar-refractivity contribution < 1.29 is 4.74 Å². The molecule has 24 heavy (non-hydrogen) atoms. The Bertz CT molecular complexity index is 913. The molecular formula is C18H19N5O. The number of rotatable bonds is 3. The zero-order valence-corrected chi connectivity index (χ0v) is 14.0. The van der Waals surface area contributed by atoms with Gasteiger partial charge in [0.2, 0.25) is 5.88 Å². The third-order valence-electron chi connectivity index (χ3n) is 4.44. The van der Waals surface area contributed by atoms with E-state index in [4.69, 9.17) is 4.74 Å². The van der Waals surface area contributed by atoms with Crippen LogP contribution in [0.5, 0.6) is 5.88 Å². The molecule has 0 saturated heterocycles. The van der Waals surface area contributed by atoms with E-state index in [0.29, 0.717) is 5.88 Å². The minimum absolute atomic E-state index is 0.164. The molecular weight excluding hydrogens is 302 g/mol. The monoisotopic (exact) mass is 321 g/mol. The Kier molecular flexibility index (Phi) is 3.45. The van der Waals surface area contributed by atoms with Crippen LogP contribution in [0.25, 0.3) is 5.65 Å². The summed E-state index contributed by atoms with van der Waals surface area (Å²) < 4.78 is 7.20. The molecule has 4 heterocycles. The van der Waals surface area contributed by atoms with Crippen molar-refractivity contribution in [1.82, 2.24) is 19.6 Å². The number of fused-ring (bicyclic) bond motifs is 1. The largest absolute Gasteiger partial charge is 0.481 e. The molecule has 3 aromatic heterocycles. The van der Waals surface area contributed by atoms with Crippen molar-refractivity contribution in [3.8, 4) is 5.88 Å². The van der Waals surface area contributed by atoms with Gasteiger partial charge in [-0.3, -0.25) is 4.40 Å². The quantitative estimate of drug-likeness (QED) is 0.694. The van der Waals surface area contributed by atoms with Crippen molar-refractivity contribution in [3.63, 3.8) is 0 Å². The first-order valence-corrected chi connectivity index (χ1v) is 7.92. The molecule has 0 bridgehead atoms. The van der Waals surface area contributed by atoms with Crippen LogP contribution < -0.4 is 9.64 Å². The van der Waals surface area contributed by atoms with E-state index in [0.717, 1.165) is 34.8 Å². The number of anilines is 1. The lowest BCUT2D eigenvalue weighted by molar-refractivity contribution is 0.397. The van der Waals surface area contributed by atoms with Gasteiger partial charge in [-0.15, -0.1) is 10.2 Å². The number of hydrogen-bond donors (Lipinski definition) is 0. The normalized spacial score (nSPS) is 17.0. The number of pyridine rings is 2. The SMILES string of the molecule is COc1ccc(C2C=CCN2c2cc(C)c3nnc(C)n3c2)cn1. The van der Waals surface area contributed by atoms with Crippen molar-refractivity contribution >= 4 is 11.3 Å². The smallest absolute Gasteiger partial charge is 0.212 e. The molecule has 0 N–H and O–H groups in total. The lowest BCUT2D eigenvalue weighted by atomic mass is 10.1. The van der Waals surface area contributed by atoms with Crippen molar-refractivity contribution in [3.05, 3.63) is 59.7 Å². The molecule has 122 valence electrons. The minimum atomic E-state index is 0.164. The Hall–Kier alpha value is -2.89. The van der Waals surface area contributed by atoms with Gasteiger partial charge in [0.1, 0.15) is 5.82 Å². The second kappa shape index (κ2) is 5.63. The molecule has 1 atom stereocenters. The van der Waals surface area contributed by atoms with Gasteiger partial charge >= 0.3 is 0 Å². The first kappa shape index (κ1) is 14.7. The summed E-state index contributed by atoms with van der Waals surface area (Å²) in [6.45, 7) is 4.90. The summed E-state index contributed by atoms with van der Waals surface area (Å²) in [5.41, 5.74) is 4.31. The van der Waals surface area contributed by atoms with Crippen LogP contribution in [0.15, 0.2) is 42.7 Å². The third kappa shape index (κ3) is 2.31. The van der Waals surface area contributed by atoms with Crippen LogP contribution in [-0.4, -0.2) is 33.2 Å². The van der Waals surface area contributed by atoms with E-state index in [9.17, 15) is 0 Å². The topological polar surface area (TPSA) is 55.5 Å². The standard InChI is InChI=1S/C18H19N5O/c1-12-9-15(11-23-13(2)20-21-18(12)23)22-8-4-5-16(22)14-6-7-17(24-3)19-10-14/h4-7,9-11,16H,8H2,1-3H3. The maximum Gasteiger partial charge on any atom is 0.212 e. The van der Waals surface area contributed by atoms with Crippen LogP contribution in [-0.2, 0) is 0 Å². The Morgan fingerprint density at radius 3 is 2.83 bits per heavy atom. The second-order valence-corrected chi connectivity index (χ2v) is 5.98. The molecule has 0 spiro atoms. The average Bonchev–Trinajstić information content (AvgIpc) is 3.23. The van der Waals surface area contributed by atoms with E-state index in [2.05, 4.69) is 57.5 Å². The van der Waals surface area contributed by atoms with Crippen molar-refractivity contribution in [1.29, 1.82) is 0 Å². The highest BCUT2D eigenvalue weighted by Crippen LogP contribution is 2.33. The summed E-state index contributed by atoms with van der Waals surface area (Å²) in [6, 6.07) is 6.30. The van der Waals surface area contributed by atoms with Gasteiger partial charge in [0.25, 0.3) is 0 Å². The summed E-state index contributed by atoms with van der Waals surface area (Å²) >= 11 is 0. The molecule has 0 fully saturated rings. The zero-order valence-electron chi connectivity index (χ0n) is 14.0. The number of hydrogen-bond acceptors (Lipinski definition) is 5. The molecule has 0 aliphatic carbocycles. The van der Waals surface area contributed by atoms with Gasteiger partial charge in [-0.05, 0) is 37.1 Å². The summed E-state index contributed by atoms with van der Waals surface area (Å²) in [5, 5.41) is 8.41. The lowest BCUT2D eigenvalue weighted by Gasteiger charge is -2.27. The predicted octanol–water partition coefficient (Wildman–Crippen LogP) is 2.87. The minimum Gasteiger partial charge on any atom is -0.481 e. The molecule has 1 aliphatic heterocycles. The van der Waals surface area contributed by atoms with Crippen LogP contribution in [0.2, 0.25) is 0 Å². The van der Waals surface area contributed by atoms with E-state index in [-0.39, 0.29) is 6.04 Å². The van der Waals surface area contributed by atoms with Crippen LogP contribution >= 0.6 is 0 Å². The highest BCUT2D eigenvalue weighted by Gasteiger charge is 2.23. The Balaban J connectivity index is 1.73. The molecule has 6 heteroatoms. The molecule has 1 unspecified atom stereocenters. The first-order chi connectivity index (χ1) is 11.7. The van der Waals surface area contributed by atoms with Gasteiger partial charge in [-0.1, -0.05) is 12.2 Å². The third-order valence-corrected chi connectivity index (χ3v) is 4.44. The number of aromatic nitrogens is 4. The van der Waals surface area contributed by atoms with Crippen LogP contribution in [0.4, 0.5) is 5.69 Å². The van der Waals surface area contributed by atoms with Crippen molar-refractivity contribution in [2.45, 2.75) is 19.9 Å². The Morgan fingerprint density at radius 2 is 2.08 bits per heavy atom. The molecule has 0 saturated carbocycles. The molecule has 0 aromatic carbocycles. The number of nitrogens with zero attached hydrogens (tertiary/aromatic N) is 5. The van der Waals surface area contributed by atoms with Crippen LogP contribution in [0.3, 0.4) is 0 Å². The van der Waals surface area contributed by atoms with Crippen molar-refractivity contribution in [2.75, 3.05) is 18.6 Å². The second-order valence-electron chi connectivity index (χ2n) is 5.98. The predicted molar refractivity (Wildman–Crippen MR) is 92.5 cm³/mol. The number of ether oxygens (including phenoxy) is 1. The maximum atomic E-state index is 5.15. The van der Waals surface area contributed by atoms with Gasteiger partial charge < -0.3 is 9.64 Å².